The van der Waals surface area contributed by atoms with Crippen LogP contribution >= 0.6 is 35.2 Å². The molecule has 170 valence electrons. The molecule has 1 saturated heterocycles. The summed E-state index contributed by atoms with van der Waals surface area (Å²) in [5.41, 5.74) is 0.869. The van der Waals surface area contributed by atoms with Crippen molar-refractivity contribution in [1.29, 1.82) is 0 Å². The molecular formula is C19H20ClN5O4S3. The number of H-pyrrole nitrogens is 2. The van der Waals surface area contributed by atoms with Crippen molar-refractivity contribution in [2.75, 3.05) is 32.7 Å². The minimum Gasteiger partial charge on any atom is -0.354 e. The summed E-state index contributed by atoms with van der Waals surface area (Å²) < 4.78 is 28.7. The van der Waals surface area contributed by atoms with Crippen LogP contribution < -0.4 is 5.32 Å². The van der Waals surface area contributed by atoms with Gasteiger partial charge in [0.15, 0.2) is 4.77 Å². The number of carbonyl (C=O) groups is 2. The van der Waals surface area contributed by atoms with Gasteiger partial charge in [-0.05, 0) is 35.8 Å². The number of thiophene rings is 1. The highest BCUT2D eigenvalue weighted by atomic mass is 35.5. The Labute approximate surface area is 198 Å². The lowest BCUT2D eigenvalue weighted by molar-refractivity contribution is -0.138. The SMILES string of the molecule is O=C(CN1CCN(S(=O)(=O)c2cc3ccc(Cl)cc3s2)CC1=O)NCCc1c[nH]c(=S)[nH]1. The third kappa shape index (κ3) is 5.04. The molecule has 9 nitrogen and oxygen atoms in total. The van der Waals surface area contributed by atoms with Gasteiger partial charge in [-0.3, -0.25) is 9.59 Å². The van der Waals surface area contributed by atoms with E-state index in [-0.39, 0.29) is 36.3 Å². The second-order valence-corrected chi connectivity index (χ2v) is 11.4. The van der Waals surface area contributed by atoms with E-state index >= 15 is 0 Å². The first kappa shape index (κ1) is 22.9. The molecule has 3 aromatic rings. The van der Waals surface area contributed by atoms with Gasteiger partial charge in [0.05, 0.1) is 13.1 Å². The number of sulfonamides is 1. The van der Waals surface area contributed by atoms with Crippen LogP contribution in [0.5, 0.6) is 0 Å². The molecule has 1 fully saturated rings. The van der Waals surface area contributed by atoms with Gasteiger partial charge in [-0.2, -0.15) is 4.31 Å². The standard InChI is InChI=1S/C19H20ClN5O4S3/c20-13-2-1-12-7-18(31-15(12)8-13)32(28,29)25-6-5-24(17(27)11-25)10-16(26)21-4-3-14-9-22-19(30)23-14/h1-2,7-9H,3-6,10-11H2,(H,21,26)(H2,22,23,30). The lowest BCUT2D eigenvalue weighted by Gasteiger charge is -2.32. The number of aromatic nitrogens is 2. The number of carbonyl (C=O) groups excluding carboxylic acids is 2. The molecule has 0 radical (unpaired) electrons. The van der Waals surface area contributed by atoms with E-state index in [1.807, 2.05) is 0 Å². The number of rotatable bonds is 7. The fourth-order valence-electron chi connectivity index (χ4n) is 3.37. The van der Waals surface area contributed by atoms with Crippen molar-refractivity contribution in [3.05, 3.63) is 45.9 Å². The maximum absolute atomic E-state index is 13.0. The number of hydrogen-bond acceptors (Lipinski definition) is 6. The van der Waals surface area contributed by atoms with Crippen LogP contribution in [0.25, 0.3) is 10.1 Å². The number of piperazine rings is 1. The highest BCUT2D eigenvalue weighted by Crippen LogP contribution is 2.33. The van der Waals surface area contributed by atoms with E-state index < -0.39 is 15.9 Å². The molecule has 0 atom stereocenters. The Balaban J connectivity index is 1.33. The van der Waals surface area contributed by atoms with E-state index in [4.69, 9.17) is 23.8 Å². The van der Waals surface area contributed by atoms with Crippen LogP contribution in [0.15, 0.2) is 34.7 Å². The van der Waals surface area contributed by atoms with Crippen molar-refractivity contribution in [3.63, 3.8) is 0 Å². The van der Waals surface area contributed by atoms with Crippen LogP contribution in [0.3, 0.4) is 0 Å². The molecule has 4 rings (SSSR count). The molecule has 0 saturated carbocycles. The van der Waals surface area contributed by atoms with Crippen LogP contribution in [0.2, 0.25) is 5.02 Å². The zero-order valence-corrected chi connectivity index (χ0v) is 20.0. The Morgan fingerprint density at radius 3 is 2.81 bits per heavy atom. The molecular weight excluding hydrogens is 494 g/mol. The van der Waals surface area contributed by atoms with Crippen molar-refractivity contribution in [3.8, 4) is 0 Å². The van der Waals surface area contributed by atoms with E-state index in [9.17, 15) is 18.0 Å². The number of hydrogen-bond donors (Lipinski definition) is 3. The third-order valence-electron chi connectivity index (χ3n) is 5.04. The van der Waals surface area contributed by atoms with Crippen LogP contribution in [0.4, 0.5) is 0 Å². The van der Waals surface area contributed by atoms with E-state index in [1.165, 1.54) is 4.90 Å². The van der Waals surface area contributed by atoms with E-state index in [0.717, 1.165) is 31.4 Å². The quantitative estimate of drug-likeness (QED) is 0.418. The second kappa shape index (κ2) is 9.32. The Morgan fingerprint density at radius 2 is 2.09 bits per heavy atom. The topological polar surface area (TPSA) is 118 Å². The van der Waals surface area contributed by atoms with Crippen LogP contribution in [-0.4, -0.2) is 72.1 Å². The molecule has 0 unspecified atom stereocenters. The zero-order valence-electron chi connectivity index (χ0n) is 16.8. The van der Waals surface area contributed by atoms with Gasteiger partial charge >= 0.3 is 0 Å². The Kier molecular flexibility index (Phi) is 6.67. The van der Waals surface area contributed by atoms with Gasteiger partial charge in [-0.1, -0.05) is 17.7 Å². The average molecular weight is 514 g/mol. The molecule has 32 heavy (non-hydrogen) atoms. The third-order valence-corrected chi connectivity index (χ3v) is 8.89. The molecule has 3 heterocycles. The maximum Gasteiger partial charge on any atom is 0.253 e. The molecule has 3 N–H and O–H groups in total. The normalized spacial score (nSPS) is 15.4. The molecule has 0 bridgehead atoms. The highest BCUT2D eigenvalue weighted by Gasteiger charge is 2.34. The summed E-state index contributed by atoms with van der Waals surface area (Å²) in [7, 11) is -3.82. The van der Waals surface area contributed by atoms with E-state index in [1.54, 1.807) is 30.5 Å². The summed E-state index contributed by atoms with van der Waals surface area (Å²) in [5, 5.41) is 4.06. The van der Waals surface area contributed by atoms with E-state index in [2.05, 4.69) is 15.3 Å². The number of nitrogens with one attached hydrogen (secondary N) is 3. The van der Waals surface area contributed by atoms with Crippen LogP contribution in [0.1, 0.15) is 5.69 Å². The number of amides is 2. The van der Waals surface area contributed by atoms with Crippen molar-refractivity contribution in [1.82, 2.24) is 24.5 Å². The Hall–Kier alpha value is -2.25. The van der Waals surface area contributed by atoms with Gasteiger partial charge in [0.2, 0.25) is 11.8 Å². The summed E-state index contributed by atoms with van der Waals surface area (Å²) in [6.07, 6.45) is 2.31. The van der Waals surface area contributed by atoms with Crippen LogP contribution in [0, 0.1) is 4.77 Å². The van der Waals surface area contributed by atoms with Crippen molar-refractivity contribution >= 4 is 67.1 Å². The van der Waals surface area contributed by atoms with Gasteiger partial charge < -0.3 is 20.2 Å². The lowest BCUT2D eigenvalue weighted by Crippen LogP contribution is -2.54. The summed E-state index contributed by atoms with van der Waals surface area (Å²) in [5.74, 6) is -0.709. The van der Waals surface area contributed by atoms with Gasteiger partial charge in [-0.25, -0.2) is 8.42 Å². The Bertz CT molecular complexity index is 1330. The average Bonchev–Trinajstić information content (AvgIpc) is 3.35. The number of aromatic amines is 2. The monoisotopic (exact) mass is 513 g/mol. The largest absolute Gasteiger partial charge is 0.354 e. The van der Waals surface area contributed by atoms with Gasteiger partial charge in [0.25, 0.3) is 10.0 Å². The van der Waals surface area contributed by atoms with Crippen molar-refractivity contribution in [2.24, 2.45) is 0 Å². The summed E-state index contributed by atoms with van der Waals surface area (Å²) in [6, 6.07) is 6.77. The number of imidazole rings is 1. The van der Waals surface area contributed by atoms with Gasteiger partial charge in [-0.15, -0.1) is 11.3 Å². The summed E-state index contributed by atoms with van der Waals surface area (Å²) >= 11 is 12.1. The molecule has 2 aromatic heterocycles. The zero-order chi connectivity index (χ0) is 22.9. The predicted octanol–water partition coefficient (Wildman–Crippen LogP) is 2.13. The number of nitrogens with zero attached hydrogens (tertiary/aromatic N) is 2. The van der Waals surface area contributed by atoms with Crippen LogP contribution in [-0.2, 0) is 26.0 Å². The molecule has 0 aliphatic carbocycles. The van der Waals surface area contributed by atoms with Gasteiger partial charge in [0.1, 0.15) is 4.21 Å². The highest BCUT2D eigenvalue weighted by molar-refractivity contribution is 7.91. The Morgan fingerprint density at radius 1 is 1.28 bits per heavy atom. The molecule has 2 amide bonds. The molecule has 1 aromatic carbocycles. The van der Waals surface area contributed by atoms with E-state index in [0.29, 0.717) is 22.8 Å². The first-order valence-corrected chi connectivity index (χ1v) is 12.8. The lowest BCUT2D eigenvalue weighted by atomic mass is 10.3. The minimum atomic E-state index is -3.82. The minimum absolute atomic E-state index is 0.114. The number of benzene rings is 1. The van der Waals surface area contributed by atoms with Gasteiger partial charge in [0, 0.05) is 47.7 Å². The smallest absolute Gasteiger partial charge is 0.253 e. The summed E-state index contributed by atoms with van der Waals surface area (Å²) in [6.45, 7) is 0.242. The molecule has 1 aliphatic heterocycles. The summed E-state index contributed by atoms with van der Waals surface area (Å²) in [4.78, 5) is 31.9. The number of halogens is 1. The maximum atomic E-state index is 13.0. The molecule has 0 spiro atoms. The fraction of sp³-hybridized carbons (Fsp3) is 0.316. The molecule has 1 aliphatic rings. The predicted molar refractivity (Wildman–Crippen MR) is 125 cm³/mol. The van der Waals surface area contributed by atoms with Crippen molar-refractivity contribution in [2.45, 2.75) is 10.6 Å². The van der Waals surface area contributed by atoms with Crippen molar-refractivity contribution < 1.29 is 18.0 Å². The first-order valence-electron chi connectivity index (χ1n) is 9.73. The molecule has 13 heteroatoms. The first-order chi connectivity index (χ1) is 15.2. The second-order valence-electron chi connectivity index (χ2n) is 7.27. The fourth-order valence-corrected chi connectivity index (χ4v) is 6.77. The number of fused-ring (bicyclic) bond motifs is 1.